The van der Waals surface area contributed by atoms with Gasteiger partial charge in [-0.15, -0.1) is 0 Å². The number of nitrogens with two attached hydrogens (primary N) is 2. The van der Waals surface area contributed by atoms with Crippen molar-refractivity contribution < 1.29 is 0 Å². The number of nitrogens with one attached hydrogen (secondary N) is 1. The van der Waals surface area contributed by atoms with Crippen molar-refractivity contribution in [2.75, 3.05) is 12.3 Å². The molecule has 0 saturated carbocycles. The van der Waals surface area contributed by atoms with Gasteiger partial charge in [0.25, 0.3) is 0 Å². The van der Waals surface area contributed by atoms with Gasteiger partial charge in [-0.25, -0.2) is 9.97 Å². The second-order valence-corrected chi connectivity index (χ2v) is 7.42. The monoisotopic (exact) mass is 384 g/mol. The predicted molar refractivity (Wildman–Crippen MR) is 116 cm³/mol. The minimum atomic E-state index is 0.469. The van der Waals surface area contributed by atoms with E-state index in [1.54, 1.807) is 0 Å². The van der Waals surface area contributed by atoms with Crippen LogP contribution in [-0.4, -0.2) is 21.1 Å². The molecule has 0 spiro atoms. The summed E-state index contributed by atoms with van der Waals surface area (Å²) < 4.78 is 2.24. The summed E-state index contributed by atoms with van der Waals surface area (Å²) in [5, 5.41) is 4.55. The van der Waals surface area contributed by atoms with Crippen LogP contribution in [0.25, 0.3) is 16.6 Å². The molecule has 1 aliphatic heterocycles. The molecule has 0 aliphatic carbocycles. The summed E-state index contributed by atoms with van der Waals surface area (Å²) in [4.78, 5) is 9.42. The van der Waals surface area contributed by atoms with Gasteiger partial charge in [-0.3, -0.25) is 0 Å². The molecule has 29 heavy (non-hydrogen) atoms. The van der Waals surface area contributed by atoms with Crippen LogP contribution in [-0.2, 0) is 25.9 Å². The average molecular weight is 384 g/mol. The van der Waals surface area contributed by atoms with Gasteiger partial charge < -0.3 is 21.4 Å². The number of hydrogen-bond acceptors (Lipinski definition) is 5. The molecule has 0 bridgehead atoms. The van der Waals surface area contributed by atoms with Crippen LogP contribution >= 0.6 is 0 Å². The molecule has 2 aromatic carbocycles. The minimum absolute atomic E-state index is 0.469. The average Bonchev–Trinajstić information content (AvgIpc) is 3.13. The first-order valence-corrected chi connectivity index (χ1v) is 9.97. The Morgan fingerprint density at radius 2 is 1.86 bits per heavy atom. The molecule has 6 heteroatoms. The van der Waals surface area contributed by atoms with Crippen LogP contribution in [0.15, 0.2) is 54.6 Å². The molecule has 0 unspecified atom stereocenters. The smallest absolute Gasteiger partial charge is 0.135 e. The lowest BCUT2D eigenvalue weighted by Crippen LogP contribution is -2.27. The fourth-order valence-corrected chi connectivity index (χ4v) is 4.22. The molecule has 5 rings (SSSR count). The number of hydrogen-bond donors (Lipinski definition) is 3. The Hall–Kier alpha value is -3.22. The highest BCUT2D eigenvalue weighted by atomic mass is 15.0. The number of nitrogen functional groups attached to an aromatic ring is 1. The number of nitrogens with zero attached hydrogens (tertiary/aromatic N) is 3. The zero-order valence-corrected chi connectivity index (χ0v) is 16.2. The summed E-state index contributed by atoms with van der Waals surface area (Å²) in [5.74, 6) is 1.36. The van der Waals surface area contributed by atoms with Crippen molar-refractivity contribution in [3.63, 3.8) is 0 Å². The number of rotatable bonds is 4. The van der Waals surface area contributed by atoms with Crippen LogP contribution < -0.4 is 16.8 Å². The third-order valence-corrected chi connectivity index (χ3v) is 5.59. The van der Waals surface area contributed by atoms with Crippen molar-refractivity contribution in [1.29, 1.82) is 0 Å². The molecule has 4 aromatic rings. The molecule has 6 nitrogen and oxygen atoms in total. The van der Waals surface area contributed by atoms with Crippen LogP contribution in [0.1, 0.15) is 28.3 Å². The van der Waals surface area contributed by atoms with E-state index in [4.69, 9.17) is 16.5 Å². The molecule has 0 radical (unpaired) electrons. The van der Waals surface area contributed by atoms with Gasteiger partial charge in [0.1, 0.15) is 11.6 Å². The van der Waals surface area contributed by atoms with E-state index in [1.807, 2.05) is 0 Å². The molecule has 0 amide bonds. The summed E-state index contributed by atoms with van der Waals surface area (Å²) in [7, 11) is 0. The van der Waals surface area contributed by atoms with Gasteiger partial charge in [0.2, 0.25) is 0 Å². The zero-order chi connectivity index (χ0) is 19.8. The maximum atomic E-state index is 6.25. The van der Waals surface area contributed by atoms with E-state index in [0.29, 0.717) is 18.8 Å². The molecular weight excluding hydrogens is 360 g/mol. The van der Waals surface area contributed by atoms with Crippen molar-refractivity contribution >= 4 is 16.7 Å². The van der Waals surface area contributed by atoms with Crippen LogP contribution in [0.2, 0.25) is 0 Å². The minimum Gasteiger partial charge on any atom is -0.383 e. The Kier molecular flexibility index (Phi) is 4.50. The number of fused-ring (bicyclic) bond motifs is 2. The molecule has 2 aromatic heterocycles. The van der Waals surface area contributed by atoms with Crippen LogP contribution in [0.4, 0.5) is 5.82 Å². The normalized spacial score (nSPS) is 13.6. The predicted octanol–water partition coefficient (Wildman–Crippen LogP) is 2.70. The number of para-hydroxylation sites is 2. The lowest BCUT2D eigenvalue weighted by Gasteiger charge is -2.19. The molecule has 0 fully saturated rings. The number of anilines is 1. The van der Waals surface area contributed by atoms with Gasteiger partial charge in [-0.2, -0.15) is 0 Å². The first kappa shape index (κ1) is 17.8. The first-order valence-electron chi connectivity index (χ1n) is 9.97. The zero-order valence-electron chi connectivity index (χ0n) is 16.2. The van der Waals surface area contributed by atoms with E-state index in [2.05, 4.69) is 69.5 Å². The van der Waals surface area contributed by atoms with Gasteiger partial charge in [-0.05, 0) is 36.7 Å². The van der Waals surface area contributed by atoms with Crippen molar-refractivity contribution in [1.82, 2.24) is 19.9 Å². The van der Waals surface area contributed by atoms with E-state index >= 15 is 0 Å². The van der Waals surface area contributed by atoms with Gasteiger partial charge in [-0.1, -0.05) is 36.4 Å². The summed E-state index contributed by atoms with van der Waals surface area (Å²) in [6.45, 7) is 2.14. The molecule has 0 saturated heterocycles. The topological polar surface area (TPSA) is 94.8 Å². The largest absolute Gasteiger partial charge is 0.383 e. The third kappa shape index (κ3) is 3.16. The Morgan fingerprint density at radius 1 is 1.03 bits per heavy atom. The standard InChI is InChI=1S/C23H24N6/c24-13-17-11-15-5-1-3-7-20(15)29(17)21-8-4-2-6-16(21)12-22-27-19-14-26-10-9-18(19)23(25)28-22/h1-8,11,26H,9-10,12-14,24H2,(H2,25,27,28). The second kappa shape index (κ2) is 7.31. The highest BCUT2D eigenvalue weighted by Gasteiger charge is 2.18. The summed E-state index contributed by atoms with van der Waals surface area (Å²) in [6, 6.07) is 18.9. The SMILES string of the molecule is NCc1cc2ccccc2n1-c1ccccc1Cc1nc(N)c2c(n1)CNCC2. The van der Waals surface area contributed by atoms with E-state index < -0.39 is 0 Å². The van der Waals surface area contributed by atoms with Gasteiger partial charge in [0, 0.05) is 41.8 Å². The lowest BCUT2D eigenvalue weighted by molar-refractivity contribution is 0.620. The molecule has 0 atom stereocenters. The number of benzene rings is 2. The van der Waals surface area contributed by atoms with Crippen molar-refractivity contribution in [3.8, 4) is 5.69 Å². The maximum absolute atomic E-state index is 6.25. The van der Waals surface area contributed by atoms with Crippen LogP contribution in [0, 0.1) is 0 Å². The van der Waals surface area contributed by atoms with Crippen LogP contribution in [0.5, 0.6) is 0 Å². The van der Waals surface area contributed by atoms with Crippen molar-refractivity contribution in [3.05, 3.63) is 82.9 Å². The fourth-order valence-electron chi connectivity index (χ4n) is 4.22. The van der Waals surface area contributed by atoms with Crippen molar-refractivity contribution in [2.24, 2.45) is 5.73 Å². The molecule has 3 heterocycles. The Bertz CT molecular complexity index is 1190. The van der Waals surface area contributed by atoms with E-state index in [-0.39, 0.29) is 0 Å². The molecule has 1 aliphatic rings. The quantitative estimate of drug-likeness (QED) is 0.503. The highest BCUT2D eigenvalue weighted by Crippen LogP contribution is 2.28. The summed E-state index contributed by atoms with van der Waals surface area (Å²) >= 11 is 0. The summed E-state index contributed by atoms with van der Waals surface area (Å²) in [5.41, 5.74) is 18.9. The van der Waals surface area contributed by atoms with Gasteiger partial charge >= 0.3 is 0 Å². The van der Waals surface area contributed by atoms with E-state index in [1.165, 1.54) is 5.39 Å². The van der Waals surface area contributed by atoms with Gasteiger partial charge in [0.15, 0.2) is 0 Å². The first-order chi connectivity index (χ1) is 14.2. The van der Waals surface area contributed by atoms with E-state index in [0.717, 1.165) is 59.1 Å². The summed E-state index contributed by atoms with van der Waals surface area (Å²) in [6.07, 6.45) is 1.50. The Balaban J connectivity index is 1.61. The lowest BCUT2D eigenvalue weighted by atomic mass is 10.1. The second-order valence-electron chi connectivity index (χ2n) is 7.42. The van der Waals surface area contributed by atoms with E-state index in [9.17, 15) is 0 Å². The molecule has 5 N–H and O–H groups in total. The van der Waals surface area contributed by atoms with Crippen molar-refractivity contribution in [2.45, 2.75) is 25.9 Å². The Morgan fingerprint density at radius 3 is 2.76 bits per heavy atom. The highest BCUT2D eigenvalue weighted by molar-refractivity contribution is 5.83. The fraction of sp³-hybridized carbons (Fsp3) is 0.217. The molecule has 146 valence electrons. The Labute approximate surface area is 169 Å². The molecular formula is C23H24N6. The van der Waals surface area contributed by atoms with Gasteiger partial charge in [0.05, 0.1) is 11.2 Å². The maximum Gasteiger partial charge on any atom is 0.135 e. The van der Waals surface area contributed by atoms with Crippen LogP contribution in [0.3, 0.4) is 0 Å². The third-order valence-electron chi connectivity index (χ3n) is 5.59. The number of aromatic nitrogens is 3.